The number of hydrogen-bond donors (Lipinski definition) is 1. The smallest absolute Gasteiger partial charge is 0.235 e. The first-order valence-corrected chi connectivity index (χ1v) is 5.76. The number of hydrogen-bond acceptors (Lipinski definition) is 3. The quantitative estimate of drug-likeness (QED) is 0.880. The van der Waals surface area contributed by atoms with Gasteiger partial charge in [0.25, 0.3) is 0 Å². The maximum Gasteiger partial charge on any atom is 0.235 e. The molecular formula is C11H9BrN2O2. The lowest BCUT2D eigenvalue weighted by Gasteiger charge is -2.03. The maximum absolute atomic E-state index is 11.1. The van der Waals surface area contributed by atoms with Crippen molar-refractivity contribution < 1.29 is 9.21 Å². The number of benzene rings is 1. The van der Waals surface area contributed by atoms with Crippen LogP contribution < -0.4 is 5.32 Å². The Morgan fingerprint density at radius 3 is 2.69 bits per heavy atom. The molecule has 1 heterocycles. The van der Waals surface area contributed by atoms with E-state index in [1.165, 1.54) is 6.39 Å². The first-order valence-electron chi connectivity index (χ1n) is 4.64. The van der Waals surface area contributed by atoms with Crippen LogP contribution in [0.15, 0.2) is 41.3 Å². The molecule has 1 amide bonds. The topological polar surface area (TPSA) is 55.1 Å². The summed E-state index contributed by atoms with van der Waals surface area (Å²) in [4.78, 5) is 14.9. The molecular weight excluding hydrogens is 272 g/mol. The van der Waals surface area contributed by atoms with Crippen LogP contribution in [0.3, 0.4) is 0 Å². The number of aromatic nitrogens is 1. The van der Waals surface area contributed by atoms with Gasteiger partial charge in [0.1, 0.15) is 0 Å². The van der Waals surface area contributed by atoms with Crippen molar-refractivity contribution in [3.05, 3.63) is 36.9 Å². The lowest BCUT2D eigenvalue weighted by Crippen LogP contribution is -2.11. The molecule has 4 nitrogen and oxygen atoms in total. The predicted molar refractivity (Wildman–Crippen MR) is 64.4 cm³/mol. The van der Waals surface area contributed by atoms with E-state index < -0.39 is 0 Å². The Bertz CT molecular complexity index is 465. The van der Waals surface area contributed by atoms with E-state index in [1.54, 1.807) is 6.20 Å². The molecule has 1 aromatic carbocycles. The number of oxazole rings is 1. The molecule has 0 spiro atoms. The fourth-order valence-electron chi connectivity index (χ4n) is 1.27. The van der Waals surface area contributed by atoms with Gasteiger partial charge in [0.2, 0.25) is 5.91 Å². The van der Waals surface area contributed by atoms with E-state index in [9.17, 15) is 4.79 Å². The summed E-state index contributed by atoms with van der Waals surface area (Å²) in [5.74, 6) is 0.630. The number of carbonyl (C=O) groups excluding carboxylic acids is 1. The van der Waals surface area contributed by atoms with Crippen LogP contribution in [0.2, 0.25) is 0 Å². The van der Waals surface area contributed by atoms with Crippen LogP contribution in [-0.4, -0.2) is 16.2 Å². The van der Waals surface area contributed by atoms with E-state index in [-0.39, 0.29) is 11.2 Å². The SMILES string of the molecule is O=C(CBr)Nc1ccc(-c2cnco2)cc1. The number of anilines is 1. The maximum atomic E-state index is 11.1. The third kappa shape index (κ3) is 2.49. The zero-order valence-electron chi connectivity index (χ0n) is 8.31. The van der Waals surface area contributed by atoms with Gasteiger partial charge in [-0.05, 0) is 24.3 Å². The monoisotopic (exact) mass is 280 g/mol. The Morgan fingerprint density at radius 1 is 1.38 bits per heavy atom. The van der Waals surface area contributed by atoms with Gasteiger partial charge in [-0.2, -0.15) is 0 Å². The molecule has 0 fully saturated rings. The summed E-state index contributed by atoms with van der Waals surface area (Å²) in [6.45, 7) is 0. The summed E-state index contributed by atoms with van der Waals surface area (Å²) >= 11 is 3.08. The number of nitrogens with one attached hydrogen (secondary N) is 1. The largest absolute Gasteiger partial charge is 0.444 e. The van der Waals surface area contributed by atoms with E-state index in [4.69, 9.17) is 4.42 Å². The van der Waals surface area contributed by atoms with Crippen LogP contribution in [0.4, 0.5) is 5.69 Å². The Kier molecular flexibility index (Phi) is 3.36. The minimum Gasteiger partial charge on any atom is -0.444 e. The van der Waals surface area contributed by atoms with Gasteiger partial charge < -0.3 is 9.73 Å². The van der Waals surface area contributed by atoms with Gasteiger partial charge in [0, 0.05) is 11.3 Å². The van der Waals surface area contributed by atoms with Crippen LogP contribution in [0.25, 0.3) is 11.3 Å². The van der Waals surface area contributed by atoms with Crippen molar-refractivity contribution in [1.82, 2.24) is 4.98 Å². The first-order chi connectivity index (χ1) is 7.79. The number of rotatable bonds is 3. The molecule has 0 radical (unpaired) electrons. The number of alkyl halides is 1. The standard InChI is InChI=1S/C11H9BrN2O2/c12-5-11(15)14-9-3-1-8(2-4-9)10-6-13-7-16-10/h1-4,6-7H,5H2,(H,14,15). The van der Waals surface area contributed by atoms with Gasteiger partial charge in [0.15, 0.2) is 12.2 Å². The van der Waals surface area contributed by atoms with Gasteiger partial charge in [-0.1, -0.05) is 15.9 Å². The number of nitrogens with zero attached hydrogens (tertiary/aromatic N) is 1. The molecule has 0 aliphatic carbocycles. The van der Waals surface area contributed by atoms with Crippen molar-refractivity contribution in [3.8, 4) is 11.3 Å². The second kappa shape index (κ2) is 4.94. The third-order valence-electron chi connectivity index (χ3n) is 2.01. The zero-order chi connectivity index (χ0) is 11.4. The highest BCUT2D eigenvalue weighted by Crippen LogP contribution is 2.20. The molecule has 16 heavy (non-hydrogen) atoms. The molecule has 2 rings (SSSR count). The minimum absolute atomic E-state index is 0.0765. The second-order valence-corrected chi connectivity index (χ2v) is 3.69. The highest BCUT2D eigenvalue weighted by atomic mass is 79.9. The lowest BCUT2D eigenvalue weighted by atomic mass is 10.2. The molecule has 2 aromatic rings. The molecule has 0 bridgehead atoms. The van der Waals surface area contributed by atoms with Crippen LogP contribution in [0.1, 0.15) is 0 Å². The van der Waals surface area contributed by atoms with E-state index in [1.807, 2.05) is 24.3 Å². The Morgan fingerprint density at radius 2 is 2.12 bits per heavy atom. The van der Waals surface area contributed by atoms with Gasteiger partial charge in [-0.3, -0.25) is 4.79 Å². The highest BCUT2D eigenvalue weighted by molar-refractivity contribution is 9.09. The summed E-state index contributed by atoms with van der Waals surface area (Å²) < 4.78 is 5.16. The molecule has 0 saturated carbocycles. The van der Waals surface area contributed by atoms with E-state index in [2.05, 4.69) is 26.2 Å². The van der Waals surface area contributed by atoms with Crippen LogP contribution in [0, 0.1) is 0 Å². The summed E-state index contributed by atoms with van der Waals surface area (Å²) in [7, 11) is 0. The van der Waals surface area contributed by atoms with Crippen molar-refractivity contribution in [1.29, 1.82) is 0 Å². The second-order valence-electron chi connectivity index (χ2n) is 3.12. The number of amides is 1. The average molecular weight is 281 g/mol. The summed E-state index contributed by atoms with van der Waals surface area (Å²) in [6, 6.07) is 7.37. The van der Waals surface area contributed by atoms with Crippen LogP contribution in [-0.2, 0) is 4.79 Å². The third-order valence-corrected chi connectivity index (χ3v) is 2.52. The highest BCUT2D eigenvalue weighted by Gasteiger charge is 2.02. The fraction of sp³-hybridized carbons (Fsp3) is 0.0909. The number of halogens is 1. The Balaban J connectivity index is 2.14. The van der Waals surface area contributed by atoms with Crippen LogP contribution in [0.5, 0.6) is 0 Å². The van der Waals surface area contributed by atoms with E-state index in [0.717, 1.165) is 11.3 Å². The summed E-state index contributed by atoms with van der Waals surface area (Å²) in [6.07, 6.45) is 3.03. The molecule has 1 aromatic heterocycles. The van der Waals surface area contributed by atoms with Gasteiger partial charge in [-0.15, -0.1) is 0 Å². The molecule has 82 valence electrons. The molecule has 0 unspecified atom stereocenters. The average Bonchev–Trinajstić information content (AvgIpc) is 2.83. The van der Waals surface area contributed by atoms with Crippen molar-refractivity contribution in [3.63, 3.8) is 0 Å². The summed E-state index contributed by atoms with van der Waals surface area (Å²) in [5.41, 5.74) is 1.68. The number of carbonyl (C=O) groups is 1. The molecule has 0 aliphatic heterocycles. The van der Waals surface area contributed by atoms with Gasteiger partial charge in [0.05, 0.1) is 11.5 Å². The van der Waals surface area contributed by atoms with Gasteiger partial charge in [-0.25, -0.2) is 4.98 Å². The first kappa shape index (κ1) is 10.9. The Hall–Kier alpha value is -1.62. The zero-order valence-corrected chi connectivity index (χ0v) is 9.90. The molecule has 0 saturated heterocycles. The molecule has 1 N–H and O–H groups in total. The van der Waals surface area contributed by atoms with Gasteiger partial charge >= 0.3 is 0 Å². The summed E-state index contributed by atoms with van der Waals surface area (Å²) in [5, 5.41) is 3.02. The fourth-order valence-corrected chi connectivity index (χ4v) is 1.41. The van der Waals surface area contributed by atoms with E-state index in [0.29, 0.717) is 5.76 Å². The lowest BCUT2D eigenvalue weighted by molar-refractivity contribution is -0.113. The minimum atomic E-state index is -0.0765. The molecule has 0 aliphatic rings. The Labute approximate surface area is 101 Å². The van der Waals surface area contributed by atoms with Crippen molar-refractivity contribution in [2.45, 2.75) is 0 Å². The predicted octanol–water partition coefficient (Wildman–Crippen LogP) is 2.68. The van der Waals surface area contributed by atoms with Crippen LogP contribution >= 0.6 is 15.9 Å². The van der Waals surface area contributed by atoms with E-state index >= 15 is 0 Å². The normalized spacial score (nSPS) is 10.1. The van der Waals surface area contributed by atoms with Crippen molar-refractivity contribution in [2.75, 3.05) is 10.6 Å². The molecule has 0 atom stereocenters. The van der Waals surface area contributed by atoms with Crippen molar-refractivity contribution >= 4 is 27.5 Å². The molecule has 5 heteroatoms. The van der Waals surface area contributed by atoms with Crippen molar-refractivity contribution in [2.24, 2.45) is 0 Å².